The average molecular weight is 532 g/mol. The Morgan fingerprint density at radius 3 is 1.89 bits per heavy atom. The van der Waals surface area contributed by atoms with Crippen molar-refractivity contribution in [3.05, 3.63) is 35.4 Å². The molecule has 1 aromatic rings. The van der Waals surface area contributed by atoms with E-state index in [9.17, 15) is 9.59 Å². The third-order valence-corrected chi connectivity index (χ3v) is 8.72. The molecule has 0 heterocycles. The predicted molar refractivity (Wildman–Crippen MR) is 153 cm³/mol. The fourth-order valence-electron chi connectivity index (χ4n) is 4.56. The Morgan fingerprint density at radius 1 is 0.789 bits per heavy atom. The zero-order valence-electron chi connectivity index (χ0n) is 25.4. The van der Waals surface area contributed by atoms with Crippen LogP contribution in [0.25, 0.3) is 0 Å². The molecule has 38 heavy (non-hydrogen) atoms. The van der Waals surface area contributed by atoms with Gasteiger partial charge in [0, 0.05) is 12.6 Å². The zero-order chi connectivity index (χ0) is 28.4. The smallest absolute Gasteiger partial charge is 0.317 e. The second-order valence-electron chi connectivity index (χ2n) is 12.4. The molecule has 0 N–H and O–H groups in total. The van der Waals surface area contributed by atoms with Gasteiger partial charge in [0.25, 0.3) is 0 Å². The van der Waals surface area contributed by atoms with Crippen LogP contribution in [0.2, 0.25) is 0 Å². The van der Waals surface area contributed by atoms with Crippen LogP contribution >= 0.6 is 0 Å². The molecule has 0 aliphatic heterocycles. The van der Waals surface area contributed by atoms with Crippen LogP contribution in [-0.4, -0.2) is 48.7 Å². The number of carbonyl (C=O) groups excluding carboxylic acids is 2. The fourth-order valence-corrected chi connectivity index (χ4v) is 4.56. The summed E-state index contributed by atoms with van der Waals surface area (Å²) in [5.41, 5.74) is 0.123. The van der Waals surface area contributed by atoms with Crippen LogP contribution in [0.1, 0.15) is 111 Å². The molecule has 1 fully saturated rings. The van der Waals surface area contributed by atoms with E-state index in [4.69, 9.17) is 14.2 Å². The Morgan fingerprint density at radius 2 is 1.34 bits per heavy atom. The molecule has 1 unspecified atom stereocenters. The Kier molecular flexibility index (Phi) is 12.3. The van der Waals surface area contributed by atoms with Crippen molar-refractivity contribution in [2.24, 2.45) is 10.8 Å². The number of hydrogen-bond acceptors (Lipinski definition) is 6. The Bertz CT molecular complexity index is 870. The van der Waals surface area contributed by atoms with E-state index < -0.39 is 22.4 Å². The fraction of sp³-hybridized carbons (Fsp3) is 0.750. The molecule has 1 saturated carbocycles. The Hall–Kier alpha value is -1.92. The standard InChI is InChI=1S/C32H53NO5/c1-9-30(4,5)38-24-32(7,23-37-28(34)31(6,10-2)11-3)29(35)36-22-26-19-17-25(18-20-26)21-33(8)27-15-13-12-14-16-27/h17-20,27H,9-16,21-24H2,1-8H3. The van der Waals surface area contributed by atoms with E-state index in [0.29, 0.717) is 18.9 Å². The minimum Gasteiger partial charge on any atom is -0.464 e. The summed E-state index contributed by atoms with van der Waals surface area (Å²) < 4.78 is 17.6. The molecule has 0 bridgehead atoms. The molecule has 0 saturated heterocycles. The van der Waals surface area contributed by atoms with Crippen molar-refractivity contribution in [1.29, 1.82) is 0 Å². The lowest BCUT2D eigenvalue weighted by Gasteiger charge is -2.33. The molecule has 0 spiro atoms. The molecule has 0 aromatic heterocycles. The molecule has 2 rings (SSSR count). The second kappa shape index (κ2) is 14.5. The van der Waals surface area contributed by atoms with Gasteiger partial charge in [-0.05, 0) is 78.0 Å². The van der Waals surface area contributed by atoms with Crippen LogP contribution < -0.4 is 0 Å². The van der Waals surface area contributed by atoms with Crippen LogP contribution in [0.15, 0.2) is 24.3 Å². The highest BCUT2D eigenvalue weighted by atomic mass is 16.6. The largest absolute Gasteiger partial charge is 0.464 e. The molecule has 6 heteroatoms. The van der Waals surface area contributed by atoms with Gasteiger partial charge in [-0.15, -0.1) is 0 Å². The molecule has 216 valence electrons. The van der Waals surface area contributed by atoms with Crippen molar-refractivity contribution >= 4 is 11.9 Å². The maximum Gasteiger partial charge on any atom is 0.317 e. The lowest BCUT2D eigenvalue weighted by atomic mass is 9.84. The lowest BCUT2D eigenvalue weighted by Crippen LogP contribution is -2.43. The molecule has 1 atom stereocenters. The molecular weight excluding hydrogens is 478 g/mol. The van der Waals surface area contributed by atoms with Crippen molar-refractivity contribution in [3.8, 4) is 0 Å². The van der Waals surface area contributed by atoms with E-state index in [1.54, 1.807) is 6.92 Å². The van der Waals surface area contributed by atoms with Crippen molar-refractivity contribution in [3.63, 3.8) is 0 Å². The molecule has 1 aliphatic rings. The number of esters is 2. The van der Waals surface area contributed by atoms with Crippen LogP contribution in [0.3, 0.4) is 0 Å². The number of ether oxygens (including phenoxy) is 3. The van der Waals surface area contributed by atoms with Gasteiger partial charge in [0.1, 0.15) is 18.6 Å². The van der Waals surface area contributed by atoms with Gasteiger partial charge in [-0.2, -0.15) is 0 Å². The van der Waals surface area contributed by atoms with Crippen LogP contribution in [-0.2, 0) is 37.0 Å². The van der Waals surface area contributed by atoms with E-state index in [0.717, 1.165) is 18.5 Å². The predicted octanol–water partition coefficient (Wildman–Crippen LogP) is 7.08. The van der Waals surface area contributed by atoms with E-state index in [-0.39, 0.29) is 25.8 Å². The van der Waals surface area contributed by atoms with Crippen molar-refractivity contribution < 1.29 is 23.8 Å². The molecular formula is C32H53NO5. The van der Waals surface area contributed by atoms with E-state index >= 15 is 0 Å². The molecule has 1 aromatic carbocycles. The third kappa shape index (κ3) is 9.37. The summed E-state index contributed by atoms with van der Waals surface area (Å²) in [6.07, 6.45) is 8.73. The van der Waals surface area contributed by atoms with Crippen molar-refractivity contribution in [1.82, 2.24) is 4.90 Å². The molecule has 1 aliphatic carbocycles. The summed E-state index contributed by atoms with van der Waals surface area (Å²) in [5, 5.41) is 0. The van der Waals surface area contributed by atoms with Gasteiger partial charge in [-0.3, -0.25) is 14.5 Å². The van der Waals surface area contributed by atoms with Crippen LogP contribution in [0.4, 0.5) is 0 Å². The molecule has 0 radical (unpaired) electrons. The number of benzene rings is 1. The van der Waals surface area contributed by atoms with Gasteiger partial charge in [0.05, 0.1) is 17.6 Å². The summed E-state index contributed by atoms with van der Waals surface area (Å²) in [6.45, 7) is 14.8. The van der Waals surface area contributed by atoms with Crippen LogP contribution in [0, 0.1) is 10.8 Å². The van der Waals surface area contributed by atoms with Gasteiger partial charge in [-0.1, -0.05) is 64.3 Å². The van der Waals surface area contributed by atoms with Crippen molar-refractivity contribution in [2.75, 3.05) is 20.3 Å². The minimum absolute atomic E-state index is 0.0769. The molecule has 0 amide bonds. The first-order valence-corrected chi connectivity index (χ1v) is 14.6. The Labute approximate surface area is 231 Å². The SMILES string of the molecule is CCC(C)(C)OCC(C)(COC(=O)C(C)(CC)CC)C(=O)OCc1ccc(CN(C)C2CCCCC2)cc1. The Balaban J connectivity index is 2.01. The third-order valence-electron chi connectivity index (χ3n) is 8.72. The van der Waals surface area contributed by atoms with E-state index in [1.807, 2.05) is 53.7 Å². The van der Waals surface area contributed by atoms with Gasteiger partial charge < -0.3 is 14.2 Å². The number of carbonyl (C=O) groups is 2. The topological polar surface area (TPSA) is 65.1 Å². The summed E-state index contributed by atoms with van der Waals surface area (Å²) in [7, 11) is 2.21. The highest BCUT2D eigenvalue weighted by Crippen LogP contribution is 2.30. The van der Waals surface area contributed by atoms with Gasteiger partial charge in [0.15, 0.2) is 0 Å². The van der Waals surface area contributed by atoms with Gasteiger partial charge in [0.2, 0.25) is 0 Å². The second-order valence-corrected chi connectivity index (χ2v) is 12.4. The monoisotopic (exact) mass is 531 g/mol. The zero-order valence-corrected chi connectivity index (χ0v) is 25.4. The highest BCUT2D eigenvalue weighted by molar-refractivity contribution is 5.79. The minimum atomic E-state index is -1.10. The molecule has 6 nitrogen and oxygen atoms in total. The summed E-state index contributed by atoms with van der Waals surface area (Å²) >= 11 is 0. The quantitative estimate of drug-likeness (QED) is 0.225. The number of nitrogens with zero attached hydrogens (tertiary/aromatic N) is 1. The maximum absolute atomic E-state index is 13.3. The van der Waals surface area contributed by atoms with E-state index in [2.05, 4.69) is 24.1 Å². The first kappa shape index (κ1) is 32.3. The highest BCUT2D eigenvalue weighted by Gasteiger charge is 2.41. The van der Waals surface area contributed by atoms with Crippen molar-refractivity contribution in [2.45, 2.75) is 125 Å². The lowest BCUT2D eigenvalue weighted by molar-refractivity contribution is -0.176. The normalized spacial score (nSPS) is 16.8. The summed E-state index contributed by atoms with van der Waals surface area (Å²) in [6, 6.07) is 8.96. The summed E-state index contributed by atoms with van der Waals surface area (Å²) in [4.78, 5) is 28.6. The van der Waals surface area contributed by atoms with Gasteiger partial charge in [-0.25, -0.2) is 0 Å². The van der Waals surface area contributed by atoms with E-state index in [1.165, 1.54) is 37.7 Å². The maximum atomic E-state index is 13.3. The number of hydrogen-bond donors (Lipinski definition) is 0. The van der Waals surface area contributed by atoms with Crippen LogP contribution in [0.5, 0.6) is 0 Å². The average Bonchev–Trinajstić information content (AvgIpc) is 2.94. The summed E-state index contributed by atoms with van der Waals surface area (Å²) in [5.74, 6) is -0.710. The van der Waals surface area contributed by atoms with Gasteiger partial charge >= 0.3 is 11.9 Å². The number of rotatable bonds is 15. The first-order chi connectivity index (χ1) is 17.9. The first-order valence-electron chi connectivity index (χ1n) is 14.6.